The highest BCUT2D eigenvalue weighted by molar-refractivity contribution is 7.86. The third-order valence-corrected chi connectivity index (χ3v) is 6.53. The van der Waals surface area contributed by atoms with Crippen molar-refractivity contribution in [3.05, 3.63) is 29.8 Å². The monoisotopic (exact) mass is 368 g/mol. The van der Waals surface area contributed by atoms with E-state index >= 15 is 0 Å². The molecule has 2 unspecified atom stereocenters. The zero-order chi connectivity index (χ0) is 18.7. The first-order chi connectivity index (χ1) is 11.9. The van der Waals surface area contributed by atoms with E-state index in [0.29, 0.717) is 5.92 Å². The predicted octanol–water partition coefficient (Wildman–Crippen LogP) is 6.29. The van der Waals surface area contributed by atoms with Crippen LogP contribution in [0.3, 0.4) is 0 Å². The van der Waals surface area contributed by atoms with E-state index in [2.05, 4.69) is 25.0 Å². The van der Waals surface area contributed by atoms with Crippen molar-refractivity contribution in [1.82, 2.24) is 0 Å². The molecular formula is C21H36O3S. The van der Waals surface area contributed by atoms with Gasteiger partial charge >= 0.3 is 0 Å². The molecule has 0 aromatic heterocycles. The molecule has 0 aliphatic heterocycles. The zero-order valence-electron chi connectivity index (χ0n) is 16.5. The van der Waals surface area contributed by atoms with Crippen molar-refractivity contribution < 1.29 is 12.6 Å². The van der Waals surface area contributed by atoms with Crippen molar-refractivity contribution in [1.29, 1.82) is 0 Å². The Kier molecular flexibility index (Phi) is 10.4. The van der Waals surface area contributed by atoms with E-state index in [4.69, 9.17) is 0 Å². The molecule has 0 aliphatic rings. The van der Waals surface area contributed by atoms with Gasteiger partial charge in [-0.15, -0.1) is 0 Å². The van der Waals surface area contributed by atoms with Crippen molar-refractivity contribution >= 4 is 10.1 Å². The Balaban J connectivity index is 2.21. The van der Waals surface area contributed by atoms with Gasteiger partial charge in [-0.25, -0.2) is 0 Å². The standard InChI is InChI=1S/C21H36O3S/c1-5-18(2)12-10-8-6-7-9-11-13-19(3)20-14-16-21(17-15-20)25(22,23)24-4/h14-19H,5-13H2,1-4H3. The lowest BCUT2D eigenvalue weighted by Gasteiger charge is -2.12. The van der Waals surface area contributed by atoms with E-state index in [-0.39, 0.29) is 4.90 Å². The SMILES string of the molecule is CCC(C)CCCCCCCCC(C)c1ccc(S(=O)(=O)OC)cc1. The summed E-state index contributed by atoms with van der Waals surface area (Å²) in [5.41, 5.74) is 1.20. The number of benzene rings is 1. The highest BCUT2D eigenvalue weighted by Gasteiger charge is 2.13. The van der Waals surface area contributed by atoms with Gasteiger partial charge < -0.3 is 0 Å². The molecule has 4 heteroatoms. The van der Waals surface area contributed by atoms with Crippen molar-refractivity contribution in [2.24, 2.45) is 5.92 Å². The second kappa shape index (κ2) is 11.7. The Bertz CT molecular complexity index is 563. The minimum atomic E-state index is -3.58. The maximum absolute atomic E-state index is 11.6. The van der Waals surface area contributed by atoms with Crippen molar-refractivity contribution in [3.8, 4) is 0 Å². The summed E-state index contributed by atoms with van der Waals surface area (Å²) in [7, 11) is -2.39. The molecule has 0 fully saturated rings. The van der Waals surface area contributed by atoms with Crippen LogP contribution >= 0.6 is 0 Å². The molecular weight excluding hydrogens is 332 g/mol. The van der Waals surface area contributed by atoms with Crippen molar-refractivity contribution in [2.45, 2.75) is 89.4 Å². The summed E-state index contributed by atoms with van der Waals surface area (Å²) in [6.07, 6.45) is 11.8. The summed E-state index contributed by atoms with van der Waals surface area (Å²) >= 11 is 0. The van der Waals surface area contributed by atoms with Crippen LogP contribution in [-0.4, -0.2) is 15.5 Å². The average molecular weight is 369 g/mol. The van der Waals surface area contributed by atoms with Gasteiger partial charge in [-0.05, 0) is 36.0 Å². The first-order valence-electron chi connectivity index (χ1n) is 9.81. The molecule has 2 atom stereocenters. The fourth-order valence-electron chi connectivity index (χ4n) is 3.08. The summed E-state index contributed by atoms with van der Waals surface area (Å²) < 4.78 is 27.8. The van der Waals surface area contributed by atoms with E-state index in [9.17, 15) is 8.42 Å². The molecule has 0 radical (unpaired) electrons. The molecule has 1 rings (SSSR count). The largest absolute Gasteiger partial charge is 0.296 e. The summed E-state index contributed by atoms with van der Waals surface area (Å²) in [5, 5.41) is 0. The molecule has 0 N–H and O–H groups in total. The quantitative estimate of drug-likeness (QED) is 0.303. The van der Waals surface area contributed by atoms with E-state index in [0.717, 1.165) is 12.3 Å². The van der Waals surface area contributed by atoms with Gasteiger partial charge in [0.25, 0.3) is 10.1 Å². The summed E-state index contributed by atoms with van der Waals surface area (Å²) in [6, 6.07) is 7.10. The second-order valence-corrected chi connectivity index (χ2v) is 9.02. The lowest BCUT2D eigenvalue weighted by atomic mass is 9.94. The maximum atomic E-state index is 11.6. The molecule has 25 heavy (non-hydrogen) atoms. The Morgan fingerprint density at radius 1 is 0.880 bits per heavy atom. The normalized spacial score (nSPS) is 14.4. The van der Waals surface area contributed by atoms with Crippen LogP contribution in [0.5, 0.6) is 0 Å². The molecule has 0 saturated carbocycles. The van der Waals surface area contributed by atoms with Crippen LogP contribution in [0.25, 0.3) is 0 Å². The zero-order valence-corrected chi connectivity index (χ0v) is 17.3. The van der Waals surface area contributed by atoms with Crippen LogP contribution in [-0.2, 0) is 14.3 Å². The fraction of sp³-hybridized carbons (Fsp3) is 0.714. The van der Waals surface area contributed by atoms with Gasteiger partial charge in [0.15, 0.2) is 0 Å². The maximum Gasteiger partial charge on any atom is 0.296 e. The number of hydrogen-bond donors (Lipinski definition) is 0. The number of rotatable bonds is 13. The van der Waals surface area contributed by atoms with Gasteiger partial charge in [-0.1, -0.05) is 84.3 Å². The van der Waals surface area contributed by atoms with Crippen molar-refractivity contribution in [2.75, 3.05) is 7.11 Å². The topological polar surface area (TPSA) is 43.4 Å². The van der Waals surface area contributed by atoms with Gasteiger partial charge in [0, 0.05) is 0 Å². The lowest BCUT2D eigenvalue weighted by molar-refractivity contribution is 0.397. The third-order valence-electron chi connectivity index (χ3n) is 5.24. The molecule has 0 spiro atoms. The van der Waals surface area contributed by atoms with E-state index in [1.54, 1.807) is 12.1 Å². The second-order valence-electron chi connectivity index (χ2n) is 7.30. The first-order valence-corrected chi connectivity index (χ1v) is 11.2. The van der Waals surface area contributed by atoms with Crippen LogP contribution < -0.4 is 0 Å². The highest BCUT2D eigenvalue weighted by atomic mass is 32.2. The molecule has 1 aromatic carbocycles. The molecule has 0 saturated heterocycles. The first kappa shape index (κ1) is 22.2. The van der Waals surface area contributed by atoms with Crippen LogP contribution in [0.15, 0.2) is 29.2 Å². The molecule has 1 aromatic rings. The van der Waals surface area contributed by atoms with Crippen LogP contribution in [0, 0.1) is 5.92 Å². The van der Waals surface area contributed by atoms with Gasteiger partial charge in [0.2, 0.25) is 0 Å². The Morgan fingerprint density at radius 2 is 1.40 bits per heavy atom. The molecule has 0 aliphatic carbocycles. The minimum Gasteiger partial charge on any atom is -0.270 e. The highest BCUT2D eigenvalue weighted by Crippen LogP contribution is 2.24. The Labute approximate surface area is 155 Å². The summed E-state index contributed by atoms with van der Waals surface area (Å²) in [6.45, 7) is 6.83. The molecule has 0 amide bonds. The number of hydrogen-bond acceptors (Lipinski definition) is 3. The Hall–Kier alpha value is -0.870. The molecule has 0 bridgehead atoms. The van der Waals surface area contributed by atoms with Gasteiger partial charge in [-0.3, -0.25) is 4.18 Å². The van der Waals surface area contributed by atoms with Gasteiger partial charge in [0.05, 0.1) is 12.0 Å². The Morgan fingerprint density at radius 3 is 1.92 bits per heavy atom. The lowest BCUT2D eigenvalue weighted by Crippen LogP contribution is -2.03. The summed E-state index contributed by atoms with van der Waals surface area (Å²) in [5.74, 6) is 1.34. The fourth-order valence-corrected chi connectivity index (χ4v) is 3.74. The van der Waals surface area contributed by atoms with Crippen LogP contribution in [0.1, 0.15) is 90.0 Å². The van der Waals surface area contributed by atoms with Crippen molar-refractivity contribution in [3.63, 3.8) is 0 Å². The molecule has 3 nitrogen and oxygen atoms in total. The van der Waals surface area contributed by atoms with E-state index < -0.39 is 10.1 Å². The summed E-state index contributed by atoms with van der Waals surface area (Å²) in [4.78, 5) is 0.225. The van der Waals surface area contributed by atoms with Crippen LogP contribution in [0.2, 0.25) is 0 Å². The minimum absolute atomic E-state index is 0.225. The van der Waals surface area contributed by atoms with E-state index in [1.807, 2.05) is 12.1 Å². The third kappa shape index (κ3) is 8.37. The van der Waals surface area contributed by atoms with Gasteiger partial charge in [-0.2, -0.15) is 8.42 Å². The average Bonchev–Trinajstić information content (AvgIpc) is 2.63. The smallest absolute Gasteiger partial charge is 0.270 e. The van der Waals surface area contributed by atoms with E-state index in [1.165, 1.54) is 64.0 Å². The predicted molar refractivity (Wildman–Crippen MR) is 105 cm³/mol. The number of unbranched alkanes of at least 4 members (excludes halogenated alkanes) is 5. The van der Waals surface area contributed by atoms with Crippen LogP contribution in [0.4, 0.5) is 0 Å². The molecule has 144 valence electrons. The molecule has 0 heterocycles. The van der Waals surface area contributed by atoms with Gasteiger partial charge in [0.1, 0.15) is 0 Å².